The largest absolute Gasteiger partial charge is 0.236 e. The van der Waals surface area contributed by atoms with E-state index in [4.69, 9.17) is 0 Å². The van der Waals surface area contributed by atoms with Crippen LogP contribution in [-0.4, -0.2) is 0 Å². The molecule has 0 saturated heterocycles. The zero-order chi connectivity index (χ0) is 5.11. The predicted molar refractivity (Wildman–Crippen MR) is 25.2 cm³/mol. The molecule has 0 saturated carbocycles. The smallest absolute Gasteiger partial charge is 0.0108 e. The Morgan fingerprint density at radius 3 is 2.38 bits per heavy atom. The zero-order valence-corrected chi connectivity index (χ0v) is 7.10. The van der Waals surface area contributed by atoms with Crippen molar-refractivity contribution >= 4 is 0 Å². The van der Waals surface area contributed by atoms with Crippen LogP contribution in [0.25, 0.3) is 0 Å². The Morgan fingerprint density at radius 1 is 1.38 bits per heavy atom. The summed E-state index contributed by atoms with van der Waals surface area (Å²) in [7, 11) is 0. The molecule has 1 aromatic rings. The topological polar surface area (TPSA) is 0 Å². The first-order chi connectivity index (χ1) is 3.39. The monoisotopic (exact) mass is 184 g/mol. The summed E-state index contributed by atoms with van der Waals surface area (Å²) in [5.74, 6) is -0.303. The fraction of sp³-hybridized carbons (Fsp3) is 0. The van der Waals surface area contributed by atoms with Crippen LogP contribution in [-0.2, 0) is 32.7 Å². The van der Waals surface area contributed by atoms with E-state index >= 15 is 0 Å². The molecule has 0 nitrogen and oxygen atoms in total. The second kappa shape index (κ2) is 4.16. The van der Waals surface area contributed by atoms with Crippen molar-refractivity contribution in [1.29, 1.82) is 0 Å². The average molecular weight is 184 g/mol. The van der Waals surface area contributed by atoms with E-state index in [0.29, 0.717) is 0 Å². The maximum absolute atomic E-state index is 11.9. The molecule has 0 unspecified atom stereocenters. The van der Waals surface area contributed by atoms with Gasteiger partial charge < -0.3 is 0 Å². The van der Waals surface area contributed by atoms with Gasteiger partial charge in [-0.1, -0.05) is 0 Å². The van der Waals surface area contributed by atoms with Crippen molar-refractivity contribution in [3.8, 4) is 0 Å². The summed E-state index contributed by atoms with van der Waals surface area (Å²) in [4.78, 5) is 0. The number of halogens is 1. The third kappa shape index (κ3) is 2.53. The van der Waals surface area contributed by atoms with Gasteiger partial charge in [0, 0.05) is 38.5 Å². The summed E-state index contributed by atoms with van der Waals surface area (Å²) < 4.78 is 11.9. The molecular weight excluding hydrogens is 180 g/mol. The first-order valence-corrected chi connectivity index (χ1v) is 2.02. The van der Waals surface area contributed by atoms with Crippen LogP contribution in [0.2, 0.25) is 0 Å². The van der Waals surface area contributed by atoms with E-state index in [1.807, 2.05) is 0 Å². The molecule has 0 aliphatic rings. The second-order valence-corrected chi connectivity index (χ2v) is 1.21. The second-order valence-electron chi connectivity index (χ2n) is 1.21. The molecule has 1 radical (unpaired) electrons. The van der Waals surface area contributed by atoms with Gasteiger partial charge in [0.25, 0.3) is 0 Å². The molecule has 0 atom stereocenters. The van der Waals surface area contributed by atoms with E-state index in [2.05, 4.69) is 6.07 Å². The molecule has 0 spiro atoms. The van der Waals surface area contributed by atoms with Gasteiger partial charge in [0.2, 0.25) is 0 Å². The van der Waals surface area contributed by atoms with Crippen LogP contribution in [0, 0.1) is 11.9 Å². The van der Waals surface area contributed by atoms with Gasteiger partial charge in [0.05, 0.1) is 0 Å². The molecule has 2 heteroatoms. The van der Waals surface area contributed by atoms with Gasteiger partial charge >= 0.3 is 0 Å². The van der Waals surface area contributed by atoms with Crippen LogP contribution in [0.1, 0.15) is 0 Å². The molecule has 0 bridgehead atoms. The van der Waals surface area contributed by atoms with Crippen molar-refractivity contribution in [2.24, 2.45) is 0 Å². The Morgan fingerprint density at radius 2 is 2.12 bits per heavy atom. The summed E-state index contributed by atoms with van der Waals surface area (Å²) in [6.45, 7) is 0. The van der Waals surface area contributed by atoms with Gasteiger partial charge in [-0.25, -0.2) is 4.39 Å². The summed E-state index contributed by atoms with van der Waals surface area (Å²) >= 11 is 0. The van der Waals surface area contributed by atoms with Crippen LogP contribution in [0.3, 0.4) is 0 Å². The van der Waals surface area contributed by atoms with E-state index < -0.39 is 0 Å². The van der Waals surface area contributed by atoms with E-state index in [1.165, 1.54) is 12.1 Å². The van der Waals surface area contributed by atoms with Crippen LogP contribution >= 0.6 is 0 Å². The van der Waals surface area contributed by atoms with Crippen molar-refractivity contribution in [3.63, 3.8) is 0 Å². The van der Waals surface area contributed by atoms with Crippen LogP contribution in [0.5, 0.6) is 0 Å². The van der Waals surface area contributed by atoms with Crippen molar-refractivity contribution in [2.45, 2.75) is 0 Å². The minimum atomic E-state index is -0.303. The van der Waals surface area contributed by atoms with Gasteiger partial charge in [-0.3, -0.25) is 0 Å². The Hall–Kier alpha value is 0.254. The normalized spacial score (nSPS) is 7.62. The molecule has 0 N–H and O–H groups in total. The summed E-state index contributed by atoms with van der Waals surface area (Å²) in [6, 6.07) is 8.62. The van der Waals surface area contributed by atoms with E-state index in [9.17, 15) is 4.39 Å². The number of hydrogen-bond donors (Lipinski definition) is 0. The minimum absolute atomic E-state index is 0. The molecule has 0 amide bonds. The summed E-state index contributed by atoms with van der Waals surface area (Å²) in [6.07, 6.45) is 0. The number of hydrogen-bond acceptors (Lipinski definition) is 0. The molecular formula is C6H4FY-. The van der Waals surface area contributed by atoms with E-state index in [0.717, 1.165) is 0 Å². The van der Waals surface area contributed by atoms with Crippen molar-refractivity contribution < 1.29 is 37.1 Å². The summed E-state index contributed by atoms with van der Waals surface area (Å²) in [5, 5.41) is 0. The van der Waals surface area contributed by atoms with Gasteiger partial charge in [-0.15, -0.1) is 12.1 Å². The first-order valence-electron chi connectivity index (χ1n) is 2.02. The Labute approximate surface area is 73.0 Å². The summed E-state index contributed by atoms with van der Waals surface area (Å²) in [5.41, 5.74) is 0. The third-order valence-corrected chi connectivity index (χ3v) is 0.671. The van der Waals surface area contributed by atoms with Gasteiger partial charge in [0.15, 0.2) is 0 Å². The van der Waals surface area contributed by atoms with Crippen LogP contribution in [0.4, 0.5) is 4.39 Å². The molecule has 0 fully saturated rings. The quantitative estimate of drug-likeness (QED) is 0.537. The van der Waals surface area contributed by atoms with Crippen LogP contribution < -0.4 is 0 Å². The molecule has 0 aromatic heterocycles. The van der Waals surface area contributed by atoms with Gasteiger partial charge in [0.1, 0.15) is 0 Å². The first kappa shape index (κ1) is 8.25. The van der Waals surface area contributed by atoms with Crippen molar-refractivity contribution in [3.05, 3.63) is 36.1 Å². The molecule has 1 aromatic carbocycles. The number of rotatable bonds is 0. The Kier molecular flexibility index (Phi) is 4.30. The molecule has 0 aliphatic carbocycles. The molecule has 0 heterocycles. The maximum Gasteiger partial charge on any atom is 0.0108 e. The standard InChI is InChI=1S/C6H4F.Y/c7-6-4-2-1-3-5-6;/h1-4H;/q-1;. The van der Waals surface area contributed by atoms with Gasteiger partial charge in [-0.05, 0) is 0 Å². The van der Waals surface area contributed by atoms with Crippen molar-refractivity contribution in [1.82, 2.24) is 0 Å². The van der Waals surface area contributed by atoms with E-state index in [-0.39, 0.29) is 38.5 Å². The maximum atomic E-state index is 11.9. The van der Waals surface area contributed by atoms with Crippen LogP contribution in [0.15, 0.2) is 24.3 Å². The minimum Gasteiger partial charge on any atom is -0.236 e. The molecule has 39 valence electrons. The van der Waals surface area contributed by atoms with E-state index in [1.54, 1.807) is 12.1 Å². The fourth-order valence-electron chi connectivity index (χ4n) is 0.371. The Bertz CT molecular complexity index is 138. The SMILES string of the molecule is Fc1[c-]cccc1.[Y]. The average Bonchev–Trinajstić information content (AvgIpc) is 1.69. The molecule has 1 rings (SSSR count). The molecule has 0 aliphatic heterocycles. The van der Waals surface area contributed by atoms with Crippen molar-refractivity contribution in [2.75, 3.05) is 0 Å². The molecule has 8 heavy (non-hydrogen) atoms. The Balaban J connectivity index is 0.000000490. The predicted octanol–water partition coefficient (Wildman–Crippen LogP) is 1.62. The zero-order valence-electron chi connectivity index (χ0n) is 4.26. The van der Waals surface area contributed by atoms with Gasteiger partial charge in [-0.2, -0.15) is 18.2 Å². The fourth-order valence-corrected chi connectivity index (χ4v) is 0.371. The third-order valence-electron chi connectivity index (χ3n) is 0.671. The number of benzene rings is 1.